The molecule has 0 spiro atoms. The fraction of sp³-hybridized carbons (Fsp3) is 0.227. The molecule has 0 fully saturated rings. The van der Waals surface area contributed by atoms with Crippen LogP contribution in [0.4, 0.5) is 10.1 Å². The van der Waals surface area contributed by atoms with Gasteiger partial charge in [-0.3, -0.25) is 14.8 Å². The first kappa shape index (κ1) is 21.0. The van der Waals surface area contributed by atoms with Crippen LogP contribution in [0.15, 0.2) is 53.5 Å². The van der Waals surface area contributed by atoms with E-state index >= 15 is 0 Å². The van der Waals surface area contributed by atoms with E-state index in [1.54, 1.807) is 17.9 Å². The molecule has 0 aliphatic rings. The topological polar surface area (TPSA) is 80.5 Å². The summed E-state index contributed by atoms with van der Waals surface area (Å²) < 4.78 is 20.7. The molecule has 0 bridgehead atoms. The van der Waals surface area contributed by atoms with Crippen LogP contribution < -0.4 is 15.4 Å². The number of carbonyl (C=O) groups excluding carboxylic acids is 1. The van der Waals surface area contributed by atoms with Crippen molar-refractivity contribution in [3.63, 3.8) is 0 Å². The number of nitrogens with one attached hydrogen (secondary N) is 2. The molecular weight excluding hydrogens is 385 g/mol. The Morgan fingerprint density at radius 1 is 1.20 bits per heavy atom. The Kier molecular flexibility index (Phi) is 6.46. The highest BCUT2D eigenvalue weighted by Crippen LogP contribution is 2.23. The fourth-order valence-electron chi connectivity index (χ4n) is 3.00. The lowest BCUT2D eigenvalue weighted by molar-refractivity contribution is 0.0976. The molecule has 3 rings (SSSR count). The van der Waals surface area contributed by atoms with Crippen LogP contribution in [0.25, 0.3) is 0 Å². The van der Waals surface area contributed by atoms with Crippen LogP contribution in [0, 0.1) is 19.7 Å². The molecular formula is C22H24FN5O2. The van der Waals surface area contributed by atoms with Crippen molar-refractivity contribution in [3.8, 4) is 5.75 Å². The minimum absolute atomic E-state index is 0.193. The van der Waals surface area contributed by atoms with Gasteiger partial charge in [0.2, 0.25) is 5.96 Å². The second kappa shape index (κ2) is 9.21. The highest BCUT2D eigenvalue weighted by Gasteiger charge is 2.14. The number of ether oxygens (including phenoxy) is 1. The van der Waals surface area contributed by atoms with Crippen molar-refractivity contribution in [1.29, 1.82) is 0 Å². The number of halogens is 1. The van der Waals surface area contributed by atoms with Crippen molar-refractivity contribution in [2.24, 2.45) is 12.0 Å². The summed E-state index contributed by atoms with van der Waals surface area (Å²) in [4.78, 5) is 17.2. The lowest BCUT2D eigenvalue weighted by Crippen LogP contribution is -2.36. The molecule has 1 amide bonds. The molecule has 7 nitrogen and oxygen atoms in total. The number of guanidine groups is 1. The van der Waals surface area contributed by atoms with Crippen molar-refractivity contribution in [2.45, 2.75) is 20.4 Å². The molecule has 2 N–H and O–H groups in total. The molecule has 0 radical (unpaired) electrons. The van der Waals surface area contributed by atoms with Gasteiger partial charge in [0.05, 0.1) is 25.0 Å². The summed E-state index contributed by atoms with van der Waals surface area (Å²) in [5.41, 5.74) is 3.66. The first-order valence-corrected chi connectivity index (χ1v) is 9.39. The van der Waals surface area contributed by atoms with Gasteiger partial charge in [0, 0.05) is 23.9 Å². The molecule has 0 unspecified atom stereocenters. The number of carbonyl (C=O) groups is 1. The minimum atomic E-state index is -0.486. The van der Waals surface area contributed by atoms with Crippen molar-refractivity contribution >= 4 is 17.6 Å². The van der Waals surface area contributed by atoms with Gasteiger partial charge in [-0.05, 0) is 44.2 Å². The summed E-state index contributed by atoms with van der Waals surface area (Å²) in [7, 11) is 3.43. The molecule has 0 aliphatic carbocycles. The predicted octanol–water partition coefficient (Wildman–Crippen LogP) is 3.58. The molecule has 1 heterocycles. The van der Waals surface area contributed by atoms with Crippen LogP contribution in [0.3, 0.4) is 0 Å². The number of rotatable bonds is 5. The standard InChI is InChI=1S/C22H24FN5O2/c1-14-18(15(2)28(3)27-14)13-24-22(25-19-10-5-6-11-20(19)30-4)26-21(29)16-8-7-9-17(23)12-16/h5-12H,13H2,1-4H3,(H2,24,25,26,29). The van der Waals surface area contributed by atoms with Crippen molar-refractivity contribution < 1.29 is 13.9 Å². The lowest BCUT2D eigenvalue weighted by Gasteiger charge is -2.14. The van der Waals surface area contributed by atoms with E-state index in [1.807, 2.05) is 39.1 Å². The zero-order valence-corrected chi connectivity index (χ0v) is 17.4. The number of hydrogen-bond donors (Lipinski definition) is 2. The molecule has 8 heteroatoms. The highest BCUT2D eigenvalue weighted by molar-refractivity contribution is 6.10. The SMILES string of the molecule is COc1ccccc1NC(=NCc1c(C)nn(C)c1C)NC(=O)c1cccc(F)c1. The average Bonchev–Trinajstić information content (AvgIpc) is 2.97. The minimum Gasteiger partial charge on any atom is -0.495 e. The second-order valence-electron chi connectivity index (χ2n) is 6.73. The van der Waals surface area contributed by atoms with Crippen LogP contribution in [0.2, 0.25) is 0 Å². The molecule has 0 aliphatic heterocycles. The maximum absolute atomic E-state index is 13.5. The third-order valence-corrected chi connectivity index (χ3v) is 4.73. The van der Waals surface area contributed by atoms with Crippen LogP contribution in [-0.4, -0.2) is 28.8 Å². The molecule has 1 aromatic heterocycles. The van der Waals surface area contributed by atoms with Crippen molar-refractivity contribution in [1.82, 2.24) is 15.1 Å². The number of aromatic nitrogens is 2. The number of hydrogen-bond acceptors (Lipinski definition) is 4. The molecule has 156 valence electrons. The first-order chi connectivity index (χ1) is 14.4. The van der Waals surface area contributed by atoms with E-state index in [-0.39, 0.29) is 11.5 Å². The Morgan fingerprint density at radius 3 is 2.63 bits per heavy atom. The van der Waals surface area contributed by atoms with Gasteiger partial charge in [0.15, 0.2) is 0 Å². The van der Waals surface area contributed by atoms with Gasteiger partial charge in [-0.2, -0.15) is 5.10 Å². The van der Waals surface area contributed by atoms with Crippen molar-refractivity contribution in [2.75, 3.05) is 12.4 Å². The third-order valence-electron chi connectivity index (χ3n) is 4.73. The lowest BCUT2D eigenvalue weighted by atomic mass is 10.2. The maximum Gasteiger partial charge on any atom is 0.258 e. The van der Waals surface area contributed by atoms with Crippen LogP contribution >= 0.6 is 0 Å². The van der Waals surface area contributed by atoms with Gasteiger partial charge < -0.3 is 10.1 Å². The average molecular weight is 409 g/mol. The Morgan fingerprint density at radius 2 is 1.97 bits per heavy atom. The van der Waals surface area contributed by atoms with Crippen molar-refractivity contribution in [3.05, 3.63) is 76.9 Å². The monoisotopic (exact) mass is 409 g/mol. The molecule has 0 atom stereocenters. The molecule has 2 aromatic carbocycles. The maximum atomic E-state index is 13.5. The van der Waals surface area contributed by atoms with Gasteiger partial charge in [0.1, 0.15) is 11.6 Å². The number of anilines is 1. The molecule has 0 saturated heterocycles. The van der Waals surface area contributed by atoms with Gasteiger partial charge in [-0.1, -0.05) is 18.2 Å². The number of aryl methyl sites for hydroxylation is 2. The van der Waals surface area contributed by atoms with Gasteiger partial charge in [-0.15, -0.1) is 0 Å². The summed E-state index contributed by atoms with van der Waals surface area (Å²) in [5, 5.41) is 10.2. The Labute approximate surface area is 174 Å². The Bertz CT molecular complexity index is 1090. The Balaban J connectivity index is 1.90. The van der Waals surface area contributed by atoms with E-state index in [9.17, 15) is 9.18 Å². The first-order valence-electron chi connectivity index (χ1n) is 9.39. The number of amides is 1. The smallest absolute Gasteiger partial charge is 0.258 e. The number of nitrogens with zero attached hydrogens (tertiary/aromatic N) is 3. The van der Waals surface area contributed by atoms with Gasteiger partial charge in [0.25, 0.3) is 5.91 Å². The highest BCUT2D eigenvalue weighted by atomic mass is 19.1. The van der Waals surface area contributed by atoms with Gasteiger partial charge in [-0.25, -0.2) is 9.38 Å². The van der Waals surface area contributed by atoms with E-state index in [4.69, 9.17) is 4.74 Å². The summed E-state index contributed by atoms with van der Waals surface area (Å²) >= 11 is 0. The predicted molar refractivity (Wildman–Crippen MR) is 114 cm³/mol. The van der Waals surface area contributed by atoms with E-state index in [1.165, 1.54) is 24.3 Å². The van der Waals surface area contributed by atoms with Crippen LogP contribution in [0.5, 0.6) is 5.75 Å². The van der Waals surface area contributed by atoms with Crippen LogP contribution in [-0.2, 0) is 13.6 Å². The summed E-state index contributed by atoms with van der Waals surface area (Å²) in [6, 6.07) is 12.8. The number of aliphatic imine (C=N–C) groups is 1. The normalized spacial score (nSPS) is 11.3. The zero-order valence-electron chi connectivity index (χ0n) is 17.4. The third kappa shape index (κ3) is 4.83. The number of benzene rings is 2. The van der Waals surface area contributed by atoms with Gasteiger partial charge >= 0.3 is 0 Å². The zero-order chi connectivity index (χ0) is 21.7. The van der Waals surface area contributed by atoms with E-state index < -0.39 is 11.7 Å². The second-order valence-corrected chi connectivity index (χ2v) is 6.73. The summed E-state index contributed by atoms with van der Waals surface area (Å²) in [6.07, 6.45) is 0. The summed E-state index contributed by atoms with van der Waals surface area (Å²) in [5.74, 6) is -0.147. The number of para-hydroxylation sites is 2. The molecule has 3 aromatic rings. The van der Waals surface area contributed by atoms with Crippen LogP contribution in [0.1, 0.15) is 27.3 Å². The largest absolute Gasteiger partial charge is 0.495 e. The fourth-order valence-corrected chi connectivity index (χ4v) is 3.00. The Hall–Kier alpha value is -3.68. The summed E-state index contributed by atoms with van der Waals surface area (Å²) in [6.45, 7) is 4.19. The van der Waals surface area contributed by atoms with E-state index in [0.717, 1.165) is 17.0 Å². The van der Waals surface area contributed by atoms with E-state index in [0.29, 0.717) is 18.0 Å². The van der Waals surface area contributed by atoms with E-state index in [2.05, 4.69) is 20.7 Å². The molecule has 0 saturated carbocycles. The molecule has 30 heavy (non-hydrogen) atoms. The number of methoxy groups -OCH3 is 1. The quantitative estimate of drug-likeness (QED) is 0.499.